The van der Waals surface area contributed by atoms with Crippen LogP contribution in [0.3, 0.4) is 0 Å². The summed E-state index contributed by atoms with van der Waals surface area (Å²) in [6.07, 6.45) is -0.449. The van der Waals surface area contributed by atoms with Crippen LogP contribution >= 0.6 is 11.6 Å². The summed E-state index contributed by atoms with van der Waals surface area (Å²) in [7, 11) is 0. The first-order chi connectivity index (χ1) is 4.95. The van der Waals surface area contributed by atoms with E-state index in [4.69, 9.17) is 27.5 Å². The lowest BCUT2D eigenvalue weighted by molar-refractivity contribution is -0.139. The molecule has 0 heterocycles. The van der Waals surface area contributed by atoms with Crippen molar-refractivity contribution in [1.82, 2.24) is 0 Å². The van der Waals surface area contributed by atoms with Gasteiger partial charge in [0.1, 0.15) is 6.04 Å². The van der Waals surface area contributed by atoms with Crippen LogP contribution in [-0.2, 0) is 9.59 Å². The first kappa shape index (κ1) is 10.2. The highest BCUT2D eigenvalue weighted by molar-refractivity contribution is 6.23. The van der Waals surface area contributed by atoms with Crippen molar-refractivity contribution in [3.63, 3.8) is 0 Å². The van der Waals surface area contributed by atoms with Crippen molar-refractivity contribution >= 4 is 23.5 Å². The quantitative estimate of drug-likeness (QED) is 0.507. The molecule has 0 aliphatic rings. The fraction of sp³-hybridized carbons (Fsp3) is 0.600. The van der Waals surface area contributed by atoms with Crippen molar-refractivity contribution in [3.05, 3.63) is 0 Å². The van der Waals surface area contributed by atoms with Crippen LogP contribution in [0.15, 0.2) is 0 Å². The topological polar surface area (TPSA) is 101 Å². The van der Waals surface area contributed by atoms with Gasteiger partial charge >= 0.3 is 11.9 Å². The van der Waals surface area contributed by atoms with Crippen LogP contribution in [0.4, 0.5) is 0 Å². The van der Waals surface area contributed by atoms with E-state index >= 15 is 0 Å². The number of carbonyl (C=O) groups is 2. The van der Waals surface area contributed by atoms with Gasteiger partial charge in [0.25, 0.3) is 0 Å². The molecule has 0 saturated carbocycles. The fourth-order valence-corrected chi connectivity index (χ4v) is 0.688. The third kappa shape index (κ3) is 3.79. The standard InChI is InChI=1S/C5H8ClNO4/c6-2(1-3(8)9)4(7)5(10)11/h2,4H,1,7H2,(H,8,9)(H,10,11). The minimum absolute atomic E-state index is 0.449. The Kier molecular flexibility index (Phi) is 3.84. The summed E-state index contributed by atoms with van der Waals surface area (Å²) >= 11 is 5.33. The van der Waals surface area contributed by atoms with Gasteiger partial charge in [0.2, 0.25) is 0 Å². The molecule has 0 rings (SSSR count). The first-order valence-corrected chi connectivity index (χ1v) is 3.23. The summed E-state index contributed by atoms with van der Waals surface area (Å²) in [6.45, 7) is 0. The molecule has 0 bridgehead atoms. The molecule has 64 valence electrons. The van der Waals surface area contributed by atoms with Crippen LogP contribution in [0, 0.1) is 0 Å². The first-order valence-electron chi connectivity index (χ1n) is 2.79. The van der Waals surface area contributed by atoms with Crippen LogP contribution in [0.1, 0.15) is 6.42 Å². The van der Waals surface area contributed by atoms with E-state index in [1.54, 1.807) is 0 Å². The predicted molar refractivity (Wildman–Crippen MR) is 37.5 cm³/mol. The zero-order chi connectivity index (χ0) is 9.02. The van der Waals surface area contributed by atoms with Crippen LogP contribution in [0.5, 0.6) is 0 Å². The van der Waals surface area contributed by atoms with E-state index in [-0.39, 0.29) is 0 Å². The molecule has 0 aliphatic heterocycles. The monoisotopic (exact) mass is 181 g/mol. The Bertz CT molecular complexity index is 172. The summed E-state index contributed by atoms with van der Waals surface area (Å²) in [5.41, 5.74) is 5.01. The predicted octanol–water partition coefficient (Wildman–Crippen LogP) is -0.520. The number of carboxylic acid groups (broad SMARTS) is 2. The van der Waals surface area contributed by atoms with E-state index in [2.05, 4.69) is 0 Å². The van der Waals surface area contributed by atoms with Gasteiger partial charge in [-0.1, -0.05) is 0 Å². The zero-order valence-corrected chi connectivity index (χ0v) is 6.28. The van der Waals surface area contributed by atoms with Gasteiger partial charge in [-0.15, -0.1) is 11.6 Å². The fourth-order valence-electron chi connectivity index (χ4n) is 0.448. The Hall–Kier alpha value is -0.810. The molecule has 0 radical (unpaired) electrons. The van der Waals surface area contributed by atoms with Crippen LogP contribution in [0.25, 0.3) is 0 Å². The van der Waals surface area contributed by atoms with Crippen LogP contribution < -0.4 is 5.73 Å². The molecule has 2 unspecified atom stereocenters. The Morgan fingerprint density at radius 1 is 1.45 bits per heavy atom. The summed E-state index contributed by atoms with van der Waals surface area (Å²) in [5, 5.41) is 15.4. The highest BCUT2D eigenvalue weighted by atomic mass is 35.5. The summed E-state index contributed by atoms with van der Waals surface area (Å²) < 4.78 is 0. The van der Waals surface area contributed by atoms with Crippen molar-refractivity contribution in [3.8, 4) is 0 Å². The lowest BCUT2D eigenvalue weighted by atomic mass is 10.1. The Balaban J connectivity index is 3.92. The molecule has 0 aliphatic carbocycles. The van der Waals surface area contributed by atoms with Gasteiger partial charge in [0.15, 0.2) is 0 Å². The third-order valence-corrected chi connectivity index (χ3v) is 1.47. The molecule has 5 nitrogen and oxygen atoms in total. The van der Waals surface area contributed by atoms with Gasteiger partial charge in [-0.25, -0.2) is 0 Å². The van der Waals surface area contributed by atoms with E-state index in [9.17, 15) is 9.59 Å². The number of carboxylic acids is 2. The van der Waals surface area contributed by atoms with Gasteiger partial charge in [0.05, 0.1) is 11.8 Å². The second-order valence-electron chi connectivity index (χ2n) is 1.98. The van der Waals surface area contributed by atoms with Crippen LogP contribution in [0.2, 0.25) is 0 Å². The SMILES string of the molecule is NC(C(=O)O)C(Cl)CC(=O)O. The molecule has 0 spiro atoms. The average molecular weight is 182 g/mol. The molecule has 0 aromatic rings. The summed E-state index contributed by atoms with van der Waals surface area (Å²) in [4.78, 5) is 20.1. The van der Waals surface area contributed by atoms with Gasteiger partial charge < -0.3 is 15.9 Å². The smallest absolute Gasteiger partial charge is 0.322 e. The molecule has 0 aromatic carbocycles. The molecular formula is C5H8ClNO4. The maximum atomic E-state index is 10.1. The minimum atomic E-state index is -1.33. The molecule has 0 saturated heterocycles. The second-order valence-corrected chi connectivity index (χ2v) is 2.54. The Morgan fingerprint density at radius 3 is 2.18 bits per heavy atom. The normalized spacial score (nSPS) is 15.5. The van der Waals surface area contributed by atoms with Gasteiger partial charge in [0, 0.05) is 0 Å². The molecular weight excluding hydrogens is 174 g/mol. The maximum Gasteiger partial charge on any atom is 0.322 e. The Labute approximate surface area is 67.8 Å². The molecule has 6 heteroatoms. The van der Waals surface area contributed by atoms with E-state index < -0.39 is 29.8 Å². The van der Waals surface area contributed by atoms with Gasteiger partial charge in [-0.2, -0.15) is 0 Å². The Morgan fingerprint density at radius 2 is 1.91 bits per heavy atom. The van der Waals surface area contributed by atoms with Crippen molar-refractivity contribution < 1.29 is 19.8 Å². The average Bonchev–Trinajstić information content (AvgIpc) is 1.84. The number of nitrogens with two attached hydrogens (primary N) is 1. The van der Waals surface area contributed by atoms with Gasteiger partial charge in [-0.3, -0.25) is 9.59 Å². The van der Waals surface area contributed by atoms with Crippen molar-refractivity contribution in [2.24, 2.45) is 5.73 Å². The number of hydrogen-bond acceptors (Lipinski definition) is 3. The zero-order valence-electron chi connectivity index (χ0n) is 5.53. The maximum absolute atomic E-state index is 10.1. The van der Waals surface area contributed by atoms with E-state index in [0.29, 0.717) is 0 Å². The van der Waals surface area contributed by atoms with Crippen molar-refractivity contribution in [2.75, 3.05) is 0 Å². The number of rotatable bonds is 4. The molecule has 0 fully saturated rings. The summed E-state index contributed by atoms with van der Waals surface area (Å²) in [6, 6.07) is -1.33. The third-order valence-electron chi connectivity index (χ3n) is 1.04. The second kappa shape index (κ2) is 4.15. The molecule has 0 aromatic heterocycles. The highest BCUT2D eigenvalue weighted by Gasteiger charge is 2.23. The summed E-state index contributed by atoms with van der Waals surface area (Å²) in [5.74, 6) is -2.46. The van der Waals surface area contributed by atoms with Crippen molar-refractivity contribution in [2.45, 2.75) is 17.8 Å². The number of aliphatic carboxylic acids is 2. The lowest BCUT2D eigenvalue weighted by Crippen LogP contribution is -2.39. The lowest BCUT2D eigenvalue weighted by Gasteiger charge is -2.10. The number of hydrogen-bond donors (Lipinski definition) is 3. The van der Waals surface area contributed by atoms with Crippen molar-refractivity contribution in [1.29, 1.82) is 0 Å². The minimum Gasteiger partial charge on any atom is -0.481 e. The van der Waals surface area contributed by atoms with E-state index in [1.807, 2.05) is 0 Å². The number of alkyl halides is 1. The van der Waals surface area contributed by atoms with E-state index in [0.717, 1.165) is 0 Å². The molecule has 11 heavy (non-hydrogen) atoms. The number of halogens is 1. The molecule has 4 N–H and O–H groups in total. The van der Waals surface area contributed by atoms with Gasteiger partial charge in [-0.05, 0) is 0 Å². The van der Waals surface area contributed by atoms with Crippen LogP contribution in [-0.4, -0.2) is 33.6 Å². The molecule has 2 atom stereocenters. The molecule has 0 amide bonds. The highest BCUT2D eigenvalue weighted by Crippen LogP contribution is 2.05. The largest absolute Gasteiger partial charge is 0.481 e. The van der Waals surface area contributed by atoms with E-state index in [1.165, 1.54) is 0 Å².